The molecule has 0 N–H and O–H groups in total. The maximum absolute atomic E-state index is 12.5. The predicted octanol–water partition coefficient (Wildman–Crippen LogP) is 2.67. The summed E-state index contributed by atoms with van der Waals surface area (Å²) in [5.74, 6) is -0.113. The standard InChI is InChI=1S/C17H20N2O3S/c1-13-6-5-7-14(12-13)17(20)18(2)15-8-10-16(11-9-15)19(3)23(4,21)22/h5-12H,1-4H3. The molecule has 2 aromatic rings. The zero-order valence-electron chi connectivity index (χ0n) is 13.6. The largest absolute Gasteiger partial charge is 0.311 e. The Hall–Kier alpha value is -2.34. The number of amides is 1. The molecule has 0 spiro atoms. The van der Waals surface area contributed by atoms with Crippen LogP contribution in [0.15, 0.2) is 48.5 Å². The van der Waals surface area contributed by atoms with Crippen LogP contribution in [-0.2, 0) is 10.0 Å². The fraction of sp³-hybridized carbons (Fsp3) is 0.235. The van der Waals surface area contributed by atoms with Gasteiger partial charge in [0.05, 0.1) is 11.9 Å². The summed E-state index contributed by atoms with van der Waals surface area (Å²) in [5.41, 5.74) is 2.88. The van der Waals surface area contributed by atoms with Crippen LogP contribution >= 0.6 is 0 Å². The van der Waals surface area contributed by atoms with Gasteiger partial charge in [-0.05, 0) is 43.3 Å². The molecule has 0 atom stereocenters. The number of hydrogen-bond donors (Lipinski definition) is 0. The van der Waals surface area contributed by atoms with E-state index in [1.54, 1.807) is 42.3 Å². The van der Waals surface area contributed by atoms with Gasteiger partial charge in [-0.3, -0.25) is 9.10 Å². The number of anilines is 2. The first-order valence-electron chi connectivity index (χ1n) is 7.09. The Labute approximate surface area is 137 Å². The molecule has 2 aromatic carbocycles. The van der Waals surface area contributed by atoms with E-state index in [4.69, 9.17) is 0 Å². The third kappa shape index (κ3) is 3.90. The highest BCUT2D eigenvalue weighted by atomic mass is 32.2. The molecule has 0 aliphatic carbocycles. The molecule has 0 heterocycles. The second-order valence-corrected chi connectivity index (χ2v) is 7.49. The smallest absolute Gasteiger partial charge is 0.258 e. The van der Waals surface area contributed by atoms with Crippen molar-refractivity contribution in [1.29, 1.82) is 0 Å². The van der Waals surface area contributed by atoms with E-state index < -0.39 is 10.0 Å². The number of aryl methyl sites for hydroxylation is 1. The summed E-state index contributed by atoms with van der Waals surface area (Å²) in [5, 5.41) is 0. The number of hydrogen-bond acceptors (Lipinski definition) is 3. The first-order chi connectivity index (χ1) is 10.7. The molecule has 0 bridgehead atoms. The minimum atomic E-state index is -3.30. The molecule has 0 fully saturated rings. The van der Waals surface area contributed by atoms with E-state index in [0.29, 0.717) is 16.9 Å². The third-order valence-electron chi connectivity index (χ3n) is 3.67. The molecule has 1 amide bonds. The van der Waals surface area contributed by atoms with Crippen molar-refractivity contribution in [2.75, 3.05) is 29.6 Å². The van der Waals surface area contributed by atoms with Crippen molar-refractivity contribution in [3.8, 4) is 0 Å². The summed E-state index contributed by atoms with van der Waals surface area (Å²) in [6.45, 7) is 1.94. The van der Waals surface area contributed by atoms with Crippen molar-refractivity contribution in [3.63, 3.8) is 0 Å². The predicted molar refractivity (Wildman–Crippen MR) is 93.6 cm³/mol. The molecule has 6 heteroatoms. The van der Waals surface area contributed by atoms with Crippen LogP contribution in [0.3, 0.4) is 0 Å². The number of sulfonamides is 1. The summed E-state index contributed by atoms with van der Waals surface area (Å²) in [7, 11) is -0.114. The fourth-order valence-corrected chi connectivity index (χ4v) is 2.67. The molecule has 2 rings (SSSR count). The van der Waals surface area contributed by atoms with Crippen molar-refractivity contribution in [2.24, 2.45) is 0 Å². The van der Waals surface area contributed by atoms with Gasteiger partial charge in [-0.25, -0.2) is 8.42 Å². The van der Waals surface area contributed by atoms with E-state index >= 15 is 0 Å². The van der Waals surface area contributed by atoms with E-state index in [1.165, 1.54) is 11.4 Å². The van der Waals surface area contributed by atoms with E-state index in [-0.39, 0.29) is 5.91 Å². The number of rotatable bonds is 4. The van der Waals surface area contributed by atoms with Crippen molar-refractivity contribution < 1.29 is 13.2 Å². The van der Waals surface area contributed by atoms with Gasteiger partial charge in [0.1, 0.15) is 0 Å². The van der Waals surface area contributed by atoms with Crippen LogP contribution in [0.5, 0.6) is 0 Å². The minimum Gasteiger partial charge on any atom is -0.311 e. The molecule has 23 heavy (non-hydrogen) atoms. The van der Waals surface area contributed by atoms with Crippen molar-refractivity contribution in [1.82, 2.24) is 0 Å². The highest BCUT2D eigenvalue weighted by molar-refractivity contribution is 7.92. The molecule has 5 nitrogen and oxygen atoms in total. The van der Waals surface area contributed by atoms with Crippen LogP contribution in [-0.4, -0.2) is 34.7 Å². The molecule has 0 aliphatic rings. The lowest BCUT2D eigenvalue weighted by Gasteiger charge is -2.20. The molecule has 0 saturated carbocycles. The van der Waals surface area contributed by atoms with Gasteiger partial charge in [-0.2, -0.15) is 0 Å². The number of nitrogens with zero attached hydrogens (tertiary/aromatic N) is 2. The highest BCUT2D eigenvalue weighted by Crippen LogP contribution is 2.22. The molecule has 0 unspecified atom stereocenters. The van der Waals surface area contributed by atoms with Crippen LogP contribution < -0.4 is 9.21 Å². The van der Waals surface area contributed by atoms with Crippen LogP contribution in [0, 0.1) is 6.92 Å². The minimum absolute atomic E-state index is 0.113. The van der Waals surface area contributed by atoms with Gasteiger partial charge in [-0.15, -0.1) is 0 Å². The van der Waals surface area contributed by atoms with E-state index in [1.807, 2.05) is 25.1 Å². The Bertz CT molecular complexity index is 814. The second-order valence-electron chi connectivity index (χ2n) is 5.48. The summed E-state index contributed by atoms with van der Waals surface area (Å²) in [4.78, 5) is 14.0. The van der Waals surface area contributed by atoms with Crippen molar-refractivity contribution in [3.05, 3.63) is 59.7 Å². The Morgan fingerprint density at radius 3 is 2.04 bits per heavy atom. The Balaban J connectivity index is 2.24. The maximum Gasteiger partial charge on any atom is 0.258 e. The lowest BCUT2D eigenvalue weighted by molar-refractivity contribution is 0.0993. The van der Waals surface area contributed by atoms with Crippen molar-refractivity contribution in [2.45, 2.75) is 6.92 Å². The summed E-state index contributed by atoms with van der Waals surface area (Å²) in [6.07, 6.45) is 1.15. The molecular weight excluding hydrogens is 312 g/mol. The maximum atomic E-state index is 12.5. The highest BCUT2D eigenvalue weighted by Gasteiger charge is 2.15. The zero-order chi connectivity index (χ0) is 17.2. The first-order valence-corrected chi connectivity index (χ1v) is 8.93. The quantitative estimate of drug-likeness (QED) is 0.865. The fourth-order valence-electron chi connectivity index (χ4n) is 2.17. The van der Waals surface area contributed by atoms with Gasteiger partial charge in [0.2, 0.25) is 10.0 Å². The Morgan fingerprint density at radius 1 is 0.957 bits per heavy atom. The average Bonchev–Trinajstić information content (AvgIpc) is 2.52. The first kappa shape index (κ1) is 17.0. The molecule has 0 saturated heterocycles. The number of carbonyl (C=O) groups excluding carboxylic acids is 1. The summed E-state index contributed by atoms with van der Waals surface area (Å²) in [6, 6.07) is 14.2. The van der Waals surface area contributed by atoms with E-state index in [0.717, 1.165) is 11.8 Å². The molecule has 0 aromatic heterocycles. The number of benzene rings is 2. The van der Waals surface area contributed by atoms with Crippen LogP contribution in [0.4, 0.5) is 11.4 Å². The van der Waals surface area contributed by atoms with Gasteiger partial charge < -0.3 is 4.90 Å². The van der Waals surface area contributed by atoms with Gasteiger partial charge in [0.25, 0.3) is 5.91 Å². The molecule has 122 valence electrons. The van der Waals surface area contributed by atoms with Crippen molar-refractivity contribution >= 4 is 27.3 Å². The Morgan fingerprint density at radius 2 is 1.52 bits per heavy atom. The van der Waals surface area contributed by atoms with Gasteiger partial charge >= 0.3 is 0 Å². The Kier molecular flexibility index (Phi) is 4.75. The SMILES string of the molecule is Cc1cccc(C(=O)N(C)c2ccc(N(C)S(C)(=O)=O)cc2)c1. The topological polar surface area (TPSA) is 57.7 Å². The second kappa shape index (κ2) is 6.42. The lowest BCUT2D eigenvalue weighted by atomic mass is 10.1. The summed E-state index contributed by atoms with van der Waals surface area (Å²) < 4.78 is 24.3. The van der Waals surface area contributed by atoms with E-state index in [9.17, 15) is 13.2 Å². The van der Waals surface area contributed by atoms with Crippen LogP contribution in [0.2, 0.25) is 0 Å². The van der Waals surface area contributed by atoms with Gasteiger partial charge in [0.15, 0.2) is 0 Å². The number of carbonyl (C=O) groups is 1. The normalized spacial score (nSPS) is 11.1. The lowest BCUT2D eigenvalue weighted by Crippen LogP contribution is -2.27. The molecule has 0 radical (unpaired) electrons. The van der Waals surface area contributed by atoms with Gasteiger partial charge in [-0.1, -0.05) is 17.7 Å². The third-order valence-corrected chi connectivity index (χ3v) is 4.87. The molecular formula is C17H20N2O3S. The monoisotopic (exact) mass is 332 g/mol. The van der Waals surface area contributed by atoms with Gasteiger partial charge in [0, 0.05) is 25.3 Å². The molecule has 0 aliphatic heterocycles. The van der Waals surface area contributed by atoms with E-state index in [2.05, 4.69) is 0 Å². The average molecular weight is 332 g/mol. The van der Waals surface area contributed by atoms with Crippen LogP contribution in [0.25, 0.3) is 0 Å². The zero-order valence-corrected chi connectivity index (χ0v) is 14.5. The summed E-state index contributed by atoms with van der Waals surface area (Å²) >= 11 is 0. The van der Waals surface area contributed by atoms with Crippen LogP contribution in [0.1, 0.15) is 15.9 Å².